The van der Waals surface area contributed by atoms with Gasteiger partial charge in [-0.3, -0.25) is 0 Å². The lowest BCUT2D eigenvalue weighted by Gasteiger charge is -2.16. The van der Waals surface area contributed by atoms with Gasteiger partial charge in [-0.15, -0.1) is 0 Å². The third-order valence-corrected chi connectivity index (χ3v) is 3.75. The summed E-state index contributed by atoms with van der Waals surface area (Å²) >= 11 is 0. The van der Waals surface area contributed by atoms with Crippen LogP contribution in [0.4, 0.5) is 9.18 Å². The predicted octanol–water partition coefficient (Wildman–Crippen LogP) is 1.48. The Hall–Kier alpha value is -1.82. The fraction of sp³-hybridized carbons (Fsp3) is 0.533. The second-order valence-electron chi connectivity index (χ2n) is 5.47. The van der Waals surface area contributed by atoms with Gasteiger partial charge in [0.1, 0.15) is 18.2 Å². The number of ether oxygens (including phenoxy) is 1. The van der Waals surface area contributed by atoms with Gasteiger partial charge in [-0.25, -0.2) is 9.18 Å². The topological polar surface area (TPSA) is 53.6 Å². The van der Waals surface area contributed by atoms with E-state index in [-0.39, 0.29) is 11.8 Å². The minimum absolute atomic E-state index is 0.0478. The maximum Gasteiger partial charge on any atom is 0.317 e. The molecular weight excluding hydrogens is 273 g/mol. The van der Waals surface area contributed by atoms with Gasteiger partial charge in [0, 0.05) is 31.2 Å². The molecule has 1 saturated heterocycles. The largest absolute Gasteiger partial charge is 0.491 e. The molecule has 2 N–H and O–H groups in total. The van der Waals surface area contributed by atoms with Crippen molar-refractivity contribution < 1.29 is 13.9 Å². The van der Waals surface area contributed by atoms with Gasteiger partial charge in [0.25, 0.3) is 0 Å². The monoisotopic (exact) mass is 293 g/mol. The third-order valence-electron chi connectivity index (χ3n) is 3.75. The van der Waals surface area contributed by atoms with Crippen molar-refractivity contribution in [2.75, 3.05) is 26.2 Å². The van der Waals surface area contributed by atoms with Crippen LogP contribution in [-0.4, -0.2) is 43.2 Å². The van der Waals surface area contributed by atoms with Crippen molar-refractivity contribution in [3.8, 4) is 5.75 Å². The van der Waals surface area contributed by atoms with Crippen molar-refractivity contribution in [3.05, 3.63) is 29.6 Å². The number of benzene rings is 1. The highest BCUT2D eigenvalue weighted by Crippen LogP contribution is 2.23. The molecule has 1 aliphatic carbocycles. The first-order valence-electron chi connectivity index (χ1n) is 7.40. The fourth-order valence-electron chi connectivity index (χ4n) is 2.36. The average molecular weight is 293 g/mol. The van der Waals surface area contributed by atoms with E-state index in [0.29, 0.717) is 44.6 Å². The van der Waals surface area contributed by atoms with Crippen molar-refractivity contribution in [2.45, 2.75) is 25.4 Å². The maximum atomic E-state index is 13.4. The molecule has 5 nitrogen and oxygen atoms in total. The predicted molar refractivity (Wildman–Crippen MR) is 76.7 cm³/mol. The van der Waals surface area contributed by atoms with Crippen LogP contribution in [0.1, 0.15) is 18.4 Å². The molecule has 2 fully saturated rings. The number of urea groups is 1. The summed E-state index contributed by atoms with van der Waals surface area (Å²) in [5, 5.41) is 6.11. The molecule has 2 amide bonds. The molecule has 114 valence electrons. The molecule has 0 spiro atoms. The van der Waals surface area contributed by atoms with Gasteiger partial charge in [0.2, 0.25) is 0 Å². The first-order valence-corrected chi connectivity index (χ1v) is 7.40. The summed E-state index contributed by atoms with van der Waals surface area (Å²) in [6, 6.07) is 5.08. The van der Waals surface area contributed by atoms with E-state index in [1.165, 1.54) is 25.0 Å². The Morgan fingerprint density at radius 2 is 2.29 bits per heavy atom. The van der Waals surface area contributed by atoms with Gasteiger partial charge in [-0.2, -0.15) is 0 Å². The van der Waals surface area contributed by atoms with E-state index in [2.05, 4.69) is 10.6 Å². The Bertz CT molecular complexity index is 520. The van der Waals surface area contributed by atoms with Crippen LogP contribution in [0, 0.1) is 5.82 Å². The van der Waals surface area contributed by atoms with Crippen LogP contribution in [0.5, 0.6) is 5.75 Å². The molecule has 1 aliphatic heterocycles. The van der Waals surface area contributed by atoms with Crippen LogP contribution in [-0.2, 0) is 6.54 Å². The first-order chi connectivity index (χ1) is 10.2. The molecule has 3 rings (SSSR count). The quantitative estimate of drug-likeness (QED) is 0.800. The highest BCUT2D eigenvalue weighted by Gasteiger charge is 2.21. The standard InChI is InChI=1S/C15H20FN3O2/c16-12-1-4-14(11(9-12)10-18-13-2-3-13)21-8-7-19-6-5-17-15(19)20/h1,4,9,13,18H,2-3,5-8,10H2,(H,17,20). The summed E-state index contributed by atoms with van der Waals surface area (Å²) in [7, 11) is 0. The van der Waals surface area contributed by atoms with Crippen molar-refractivity contribution in [3.63, 3.8) is 0 Å². The molecule has 6 heteroatoms. The van der Waals surface area contributed by atoms with E-state index >= 15 is 0 Å². The Morgan fingerprint density at radius 3 is 3.00 bits per heavy atom. The van der Waals surface area contributed by atoms with Crippen LogP contribution in [0.2, 0.25) is 0 Å². The summed E-state index contributed by atoms with van der Waals surface area (Å²) in [4.78, 5) is 13.1. The summed E-state index contributed by atoms with van der Waals surface area (Å²) < 4.78 is 19.1. The number of rotatable bonds is 7. The number of carbonyl (C=O) groups excluding carboxylic acids is 1. The number of hydrogen-bond acceptors (Lipinski definition) is 3. The fourth-order valence-corrected chi connectivity index (χ4v) is 2.36. The van der Waals surface area contributed by atoms with Crippen LogP contribution >= 0.6 is 0 Å². The van der Waals surface area contributed by atoms with Gasteiger partial charge in [0.15, 0.2) is 0 Å². The number of nitrogens with zero attached hydrogens (tertiary/aromatic N) is 1. The summed E-state index contributed by atoms with van der Waals surface area (Å²) in [6.45, 7) is 2.96. The lowest BCUT2D eigenvalue weighted by atomic mass is 10.2. The molecule has 0 unspecified atom stereocenters. The maximum absolute atomic E-state index is 13.4. The molecule has 2 aliphatic rings. The molecular formula is C15H20FN3O2. The Labute approximate surface area is 123 Å². The first kappa shape index (κ1) is 14.1. The second-order valence-corrected chi connectivity index (χ2v) is 5.47. The highest BCUT2D eigenvalue weighted by atomic mass is 19.1. The van der Waals surface area contributed by atoms with E-state index in [9.17, 15) is 9.18 Å². The van der Waals surface area contributed by atoms with Gasteiger partial charge in [-0.1, -0.05) is 0 Å². The zero-order valence-corrected chi connectivity index (χ0v) is 11.9. The number of carbonyl (C=O) groups is 1. The summed E-state index contributed by atoms with van der Waals surface area (Å²) in [5.74, 6) is 0.429. The van der Waals surface area contributed by atoms with Crippen molar-refractivity contribution in [2.24, 2.45) is 0 Å². The molecule has 0 aromatic heterocycles. The van der Waals surface area contributed by atoms with Crippen molar-refractivity contribution in [1.29, 1.82) is 0 Å². The SMILES string of the molecule is O=C1NCCN1CCOc1ccc(F)cc1CNC1CC1. The van der Waals surface area contributed by atoms with E-state index in [4.69, 9.17) is 4.74 Å². The second kappa shape index (κ2) is 6.30. The van der Waals surface area contributed by atoms with Crippen LogP contribution in [0.3, 0.4) is 0 Å². The zero-order chi connectivity index (χ0) is 14.7. The number of hydrogen-bond donors (Lipinski definition) is 2. The Balaban J connectivity index is 1.54. The highest BCUT2D eigenvalue weighted by molar-refractivity contribution is 5.76. The minimum Gasteiger partial charge on any atom is -0.491 e. The molecule has 0 radical (unpaired) electrons. The lowest BCUT2D eigenvalue weighted by Crippen LogP contribution is -2.32. The smallest absolute Gasteiger partial charge is 0.317 e. The lowest BCUT2D eigenvalue weighted by molar-refractivity contribution is 0.202. The molecule has 0 bridgehead atoms. The third kappa shape index (κ3) is 3.85. The zero-order valence-electron chi connectivity index (χ0n) is 11.9. The summed E-state index contributed by atoms with van der Waals surface area (Å²) in [5.41, 5.74) is 0.827. The molecule has 1 aromatic carbocycles. The van der Waals surface area contributed by atoms with Crippen molar-refractivity contribution in [1.82, 2.24) is 15.5 Å². The molecule has 1 heterocycles. The Kier molecular flexibility index (Phi) is 4.24. The molecule has 1 saturated carbocycles. The van der Waals surface area contributed by atoms with Crippen LogP contribution in [0.15, 0.2) is 18.2 Å². The molecule has 1 aromatic rings. The van der Waals surface area contributed by atoms with Gasteiger partial charge >= 0.3 is 6.03 Å². The molecule has 0 atom stereocenters. The summed E-state index contributed by atoms with van der Waals surface area (Å²) in [6.07, 6.45) is 2.38. The van der Waals surface area contributed by atoms with E-state index in [1.807, 2.05) is 0 Å². The number of halogens is 1. The van der Waals surface area contributed by atoms with E-state index in [0.717, 1.165) is 5.56 Å². The molecule has 21 heavy (non-hydrogen) atoms. The van der Waals surface area contributed by atoms with Crippen LogP contribution in [0.25, 0.3) is 0 Å². The number of nitrogens with one attached hydrogen (secondary N) is 2. The van der Waals surface area contributed by atoms with E-state index in [1.54, 1.807) is 11.0 Å². The van der Waals surface area contributed by atoms with Crippen molar-refractivity contribution >= 4 is 6.03 Å². The normalized spacial score (nSPS) is 18.0. The average Bonchev–Trinajstić information content (AvgIpc) is 3.21. The minimum atomic E-state index is -0.256. The van der Waals surface area contributed by atoms with Gasteiger partial charge < -0.3 is 20.3 Å². The van der Waals surface area contributed by atoms with Gasteiger partial charge in [0.05, 0.1) is 6.54 Å². The van der Waals surface area contributed by atoms with E-state index < -0.39 is 0 Å². The van der Waals surface area contributed by atoms with Gasteiger partial charge in [-0.05, 0) is 31.0 Å². The Morgan fingerprint density at radius 1 is 1.43 bits per heavy atom. The number of amides is 2. The van der Waals surface area contributed by atoms with Crippen LogP contribution < -0.4 is 15.4 Å².